The summed E-state index contributed by atoms with van der Waals surface area (Å²) < 4.78 is 13.9. The van der Waals surface area contributed by atoms with Crippen molar-refractivity contribution in [1.82, 2.24) is 0 Å². The van der Waals surface area contributed by atoms with Gasteiger partial charge >= 0.3 is 0 Å². The van der Waals surface area contributed by atoms with Gasteiger partial charge in [0.1, 0.15) is 5.82 Å². The lowest BCUT2D eigenvalue weighted by Crippen LogP contribution is -2.37. The van der Waals surface area contributed by atoms with E-state index in [1.165, 1.54) is 6.07 Å². The number of aliphatic hydroxyl groups excluding tert-OH is 1. The van der Waals surface area contributed by atoms with Crippen molar-refractivity contribution in [2.75, 3.05) is 11.4 Å². The van der Waals surface area contributed by atoms with Crippen molar-refractivity contribution in [2.45, 2.75) is 19.4 Å². The Kier molecular flexibility index (Phi) is 3.47. The van der Waals surface area contributed by atoms with Crippen LogP contribution in [0, 0.1) is 12.7 Å². The highest BCUT2D eigenvalue weighted by Gasteiger charge is 2.29. The lowest BCUT2D eigenvalue weighted by molar-refractivity contribution is 0.0966. The second-order valence-corrected chi connectivity index (χ2v) is 5.30. The van der Waals surface area contributed by atoms with Crippen LogP contribution < -0.4 is 4.90 Å². The zero-order valence-corrected chi connectivity index (χ0v) is 11.7. The maximum Gasteiger partial charge on any atom is 0.261 e. The first-order chi connectivity index (χ1) is 10.1. The van der Waals surface area contributed by atoms with Gasteiger partial charge in [0.15, 0.2) is 0 Å². The average Bonchev–Trinajstić information content (AvgIpc) is 2.50. The van der Waals surface area contributed by atoms with Crippen molar-refractivity contribution >= 4 is 11.6 Å². The first-order valence-corrected chi connectivity index (χ1v) is 6.93. The van der Waals surface area contributed by atoms with Crippen LogP contribution in [0.4, 0.5) is 10.1 Å². The van der Waals surface area contributed by atoms with E-state index in [9.17, 15) is 14.3 Å². The minimum absolute atomic E-state index is 0.0705. The largest absolute Gasteiger partial charge is 0.388 e. The summed E-state index contributed by atoms with van der Waals surface area (Å²) in [5.74, 6) is -0.884. The van der Waals surface area contributed by atoms with Gasteiger partial charge in [-0.1, -0.05) is 29.8 Å². The van der Waals surface area contributed by atoms with E-state index >= 15 is 0 Å². The predicted molar refractivity (Wildman–Crippen MR) is 78.8 cm³/mol. The van der Waals surface area contributed by atoms with Crippen molar-refractivity contribution in [3.8, 4) is 0 Å². The molecule has 1 aliphatic heterocycles. The molecule has 1 unspecified atom stereocenters. The number of nitrogens with zero attached hydrogens (tertiary/aromatic N) is 1. The summed E-state index contributed by atoms with van der Waals surface area (Å²) in [7, 11) is 0. The van der Waals surface area contributed by atoms with E-state index in [1.54, 1.807) is 29.2 Å². The molecule has 1 amide bonds. The molecule has 0 saturated heterocycles. The number of anilines is 1. The van der Waals surface area contributed by atoms with Gasteiger partial charge in [-0.25, -0.2) is 4.39 Å². The summed E-state index contributed by atoms with van der Waals surface area (Å²) >= 11 is 0. The molecule has 0 radical (unpaired) electrons. The fourth-order valence-electron chi connectivity index (χ4n) is 2.70. The van der Waals surface area contributed by atoms with E-state index in [-0.39, 0.29) is 11.5 Å². The Balaban J connectivity index is 2.03. The van der Waals surface area contributed by atoms with Gasteiger partial charge in [0.05, 0.1) is 11.7 Å². The van der Waals surface area contributed by atoms with Crippen molar-refractivity contribution in [3.05, 3.63) is 65.0 Å². The minimum atomic E-state index is -0.576. The Labute approximate surface area is 122 Å². The summed E-state index contributed by atoms with van der Waals surface area (Å²) in [4.78, 5) is 14.2. The van der Waals surface area contributed by atoms with Crippen LogP contribution in [0.1, 0.15) is 34.0 Å². The number of rotatable bonds is 1. The van der Waals surface area contributed by atoms with E-state index in [4.69, 9.17) is 0 Å². The summed E-state index contributed by atoms with van der Waals surface area (Å²) in [5.41, 5.74) is 2.28. The number of carbonyl (C=O) groups is 1. The van der Waals surface area contributed by atoms with Gasteiger partial charge in [-0.2, -0.15) is 0 Å². The molecule has 4 heteroatoms. The highest BCUT2D eigenvalue weighted by molar-refractivity contribution is 6.07. The van der Waals surface area contributed by atoms with Gasteiger partial charge in [-0.15, -0.1) is 0 Å². The molecular weight excluding hydrogens is 269 g/mol. The van der Waals surface area contributed by atoms with Crippen LogP contribution in [0.2, 0.25) is 0 Å². The maximum absolute atomic E-state index is 13.9. The Hall–Kier alpha value is -2.20. The number of amides is 1. The van der Waals surface area contributed by atoms with Gasteiger partial charge in [0, 0.05) is 17.8 Å². The third-order valence-electron chi connectivity index (χ3n) is 3.81. The fourth-order valence-corrected chi connectivity index (χ4v) is 2.70. The first kappa shape index (κ1) is 13.8. The lowest BCUT2D eigenvalue weighted by Gasteiger charge is -2.32. The van der Waals surface area contributed by atoms with Crippen molar-refractivity contribution in [1.29, 1.82) is 0 Å². The normalized spacial score (nSPS) is 17.5. The van der Waals surface area contributed by atoms with E-state index in [0.29, 0.717) is 24.2 Å². The zero-order chi connectivity index (χ0) is 15.0. The summed E-state index contributed by atoms with van der Waals surface area (Å²) in [5, 5.41) is 10.0. The van der Waals surface area contributed by atoms with Gasteiger partial charge in [-0.05, 0) is 31.5 Å². The molecule has 2 aromatic carbocycles. The zero-order valence-electron chi connectivity index (χ0n) is 11.7. The van der Waals surface area contributed by atoms with Crippen LogP contribution in [-0.2, 0) is 0 Å². The number of benzene rings is 2. The van der Waals surface area contributed by atoms with E-state index < -0.39 is 11.9 Å². The minimum Gasteiger partial charge on any atom is -0.388 e. The number of fused-ring (bicyclic) bond motifs is 1. The quantitative estimate of drug-likeness (QED) is 0.874. The molecule has 108 valence electrons. The Morgan fingerprint density at radius 1 is 1.29 bits per heavy atom. The summed E-state index contributed by atoms with van der Waals surface area (Å²) in [6.45, 7) is 2.20. The summed E-state index contributed by atoms with van der Waals surface area (Å²) in [6.07, 6.45) is -0.122. The van der Waals surface area contributed by atoms with Gasteiger partial charge in [0.25, 0.3) is 5.91 Å². The highest BCUT2D eigenvalue weighted by Crippen LogP contribution is 2.34. The van der Waals surface area contributed by atoms with Crippen LogP contribution in [0.3, 0.4) is 0 Å². The van der Waals surface area contributed by atoms with Crippen LogP contribution in [0.5, 0.6) is 0 Å². The molecule has 0 spiro atoms. The number of aryl methyl sites for hydroxylation is 1. The fraction of sp³-hybridized carbons (Fsp3) is 0.235. The second kappa shape index (κ2) is 5.30. The van der Waals surface area contributed by atoms with Crippen molar-refractivity contribution in [3.63, 3.8) is 0 Å². The number of para-hydroxylation sites is 1. The monoisotopic (exact) mass is 285 g/mol. The van der Waals surface area contributed by atoms with Crippen LogP contribution in [0.15, 0.2) is 42.5 Å². The predicted octanol–water partition coefficient (Wildman–Crippen LogP) is 3.22. The lowest BCUT2D eigenvalue weighted by atomic mass is 9.98. The first-order valence-electron chi connectivity index (χ1n) is 6.93. The molecule has 0 saturated carbocycles. The molecular formula is C17H16FNO2. The summed E-state index contributed by atoms with van der Waals surface area (Å²) in [6, 6.07) is 11.7. The molecule has 2 aromatic rings. The SMILES string of the molecule is Cc1ccc(F)c(C(=O)N2CCC(O)c3ccccc32)c1. The van der Waals surface area contributed by atoms with Gasteiger partial charge in [0.2, 0.25) is 0 Å². The van der Waals surface area contributed by atoms with Crippen molar-refractivity contribution in [2.24, 2.45) is 0 Å². The molecule has 0 fully saturated rings. The number of aliphatic hydroxyl groups is 1. The average molecular weight is 285 g/mol. The third kappa shape index (κ3) is 2.43. The highest BCUT2D eigenvalue weighted by atomic mass is 19.1. The Bertz CT molecular complexity index is 699. The number of hydrogen-bond acceptors (Lipinski definition) is 2. The van der Waals surface area contributed by atoms with E-state index in [2.05, 4.69) is 0 Å². The molecule has 3 rings (SSSR count). The molecule has 1 N–H and O–H groups in total. The maximum atomic E-state index is 13.9. The molecule has 0 aromatic heterocycles. The smallest absolute Gasteiger partial charge is 0.261 e. The molecule has 1 aliphatic rings. The number of carbonyl (C=O) groups excluding carboxylic acids is 1. The second-order valence-electron chi connectivity index (χ2n) is 5.30. The van der Waals surface area contributed by atoms with Crippen LogP contribution in [-0.4, -0.2) is 17.6 Å². The Morgan fingerprint density at radius 3 is 2.86 bits per heavy atom. The third-order valence-corrected chi connectivity index (χ3v) is 3.81. The molecule has 1 atom stereocenters. The topological polar surface area (TPSA) is 40.5 Å². The standard InChI is InChI=1S/C17H16FNO2/c1-11-6-7-14(18)13(10-11)17(21)19-9-8-16(20)12-4-2-3-5-15(12)19/h2-7,10,16,20H,8-9H2,1H3. The van der Waals surface area contributed by atoms with Crippen molar-refractivity contribution < 1.29 is 14.3 Å². The number of hydrogen-bond donors (Lipinski definition) is 1. The molecule has 0 bridgehead atoms. The van der Waals surface area contributed by atoms with Crippen LogP contribution in [0.25, 0.3) is 0 Å². The van der Waals surface area contributed by atoms with Gasteiger partial charge in [-0.3, -0.25) is 4.79 Å². The molecule has 1 heterocycles. The molecule has 21 heavy (non-hydrogen) atoms. The number of halogens is 1. The molecule has 0 aliphatic carbocycles. The van der Waals surface area contributed by atoms with Crippen LogP contribution >= 0.6 is 0 Å². The Morgan fingerprint density at radius 2 is 2.05 bits per heavy atom. The van der Waals surface area contributed by atoms with Gasteiger partial charge < -0.3 is 10.0 Å². The van der Waals surface area contributed by atoms with E-state index in [1.807, 2.05) is 19.1 Å². The van der Waals surface area contributed by atoms with E-state index in [0.717, 1.165) is 5.56 Å². The molecule has 3 nitrogen and oxygen atoms in total.